The predicted molar refractivity (Wildman–Crippen MR) is 96.4 cm³/mol. The van der Waals surface area contributed by atoms with Gasteiger partial charge in [-0.3, -0.25) is 4.79 Å². The van der Waals surface area contributed by atoms with Crippen molar-refractivity contribution in [2.24, 2.45) is 0 Å². The molecule has 0 aliphatic heterocycles. The maximum absolute atomic E-state index is 12.6. The summed E-state index contributed by atoms with van der Waals surface area (Å²) in [7, 11) is 0. The average molecular weight is 324 g/mol. The van der Waals surface area contributed by atoms with E-state index in [1.807, 2.05) is 13.8 Å². The summed E-state index contributed by atoms with van der Waals surface area (Å²) < 4.78 is 0. The van der Waals surface area contributed by atoms with E-state index in [0.717, 1.165) is 33.6 Å². The summed E-state index contributed by atoms with van der Waals surface area (Å²) >= 11 is 1.56. The van der Waals surface area contributed by atoms with E-state index in [1.54, 1.807) is 11.3 Å². The van der Waals surface area contributed by atoms with Gasteiger partial charge in [0.25, 0.3) is 5.56 Å². The molecule has 1 aliphatic carbocycles. The van der Waals surface area contributed by atoms with Crippen LogP contribution in [-0.4, -0.2) is 9.97 Å². The van der Waals surface area contributed by atoms with Crippen molar-refractivity contribution in [3.05, 3.63) is 50.9 Å². The van der Waals surface area contributed by atoms with Gasteiger partial charge < -0.3 is 4.98 Å². The molecule has 3 aromatic rings. The van der Waals surface area contributed by atoms with Gasteiger partial charge in [0.1, 0.15) is 10.7 Å². The molecule has 0 saturated heterocycles. The molecule has 0 saturated carbocycles. The lowest BCUT2D eigenvalue weighted by Crippen LogP contribution is -2.12. The zero-order valence-corrected chi connectivity index (χ0v) is 14.3. The van der Waals surface area contributed by atoms with Crippen molar-refractivity contribution >= 4 is 21.6 Å². The van der Waals surface area contributed by atoms with E-state index in [1.165, 1.54) is 30.4 Å². The minimum atomic E-state index is -0.0207. The fourth-order valence-electron chi connectivity index (χ4n) is 3.35. The van der Waals surface area contributed by atoms with E-state index in [-0.39, 0.29) is 11.5 Å². The second kappa shape index (κ2) is 5.60. The molecule has 0 bridgehead atoms. The van der Waals surface area contributed by atoms with E-state index in [0.29, 0.717) is 0 Å². The first-order valence-corrected chi connectivity index (χ1v) is 9.15. The largest absolute Gasteiger partial charge is 0.310 e. The SMILES string of the molecule is CC(C)c1nc2scc(-c3ccc4c(c3)CCCC4)c2c(=O)[nH]1. The zero-order valence-electron chi connectivity index (χ0n) is 13.5. The second-order valence-corrected chi connectivity index (χ2v) is 7.48. The standard InChI is InChI=1S/C19H20N2OS/c1-11(2)17-20-18(22)16-15(10-23-19(16)21-17)14-8-7-12-5-3-4-6-13(12)9-14/h7-11H,3-6H2,1-2H3,(H,20,21,22). The number of thiophene rings is 1. The van der Waals surface area contributed by atoms with Crippen LogP contribution in [0.15, 0.2) is 28.4 Å². The predicted octanol–water partition coefficient (Wildman–Crippen LogP) is 4.65. The number of H-pyrrole nitrogens is 1. The van der Waals surface area contributed by atoms with Crippen LogP contribution in [0.25, 0.3) is 21.3 Å². The van der Waals surface area contributed by atoms with Gasteiger partial charge in [0, 0.05) is 16.9 Å². The molecule has 1 aromatic carbocycles. The molecule has 2 heterocycles. The van der Waals surface area contributed by atoms with Gasteiger partial charge in [-0.2, -0.15) is 0 Å². The van der Waals surface area contributed by atoms with Crippen molar-refractivity contribution in [3.8, 4) is 11.1 Å². The smallest absolute Gasteiger partial charge is 0.260 e. The molecule has 0 spiro atoms. The van der Waals surface area contributed by atoms with Crippen molar-refractivity contribution in [1.82, 2.24) is 9.97 Å². The first kappa shape index (κ1) is 14.6. The first-order valence-electron chi connectivity index (χ1n) is 8.27. The van der Waals surface area contributed by atoms with Crippen molar-refractivity contribution in [2.45, 2.75) is 45.4 Å². The highest BCUT2D eigenvalue weighted by molar-refractivity contribution is 7.17. The Balaban J connectivity index is 1.88. The van der Waals surface area contributed by atoms with E-state index in [2.05, 4.69) is 33.5 Å². The van der Waals surface area contributed by atoms with E-state index in [9.17, 15) is 4.79 Å². The van der Waals surface area contributed by atoms with Gasteiger partial charge in [-0.25, -0.2) is 4.98 Å². The molecule has 4 rings (SSSR count). The van der Waals surface area contributed by atoms with Crippen molar-refractivity contribution in [2.75, 3.05) is 0 Å². The maximum Gasteiger partial charge on any atom is 0.260 e. The highest BCUT2D eigenvalue weighted by Gasteiger charge is 2.16. The molecule has 4 heteroatoms. The van der Waals surface area contributed by atoms with Gasteiger partial charge >= 0.3 is 0 Å². The molecular weight excluding hydrogens is 304 g/mol. The lowest BCUT2D eigenvalue weighted by Gasteiger charge is -2.16. The third-order valence-corrected chi connectivity index (χ3v) is 5.54. The van der Waals surface area contributed by atoms with Gasteiger partial charge in [0.05, 0.1) is 5.39 Å². The molecule has 1 N–H and O–H groups in total. The zero-order chi connectivity index (χ0) is 16.0. The second-order valence-electron chi connectivity index (χ2n) is 6.63. The Bertz CT molecular complexity index is 936. The Hall–Kier alpha value is -1.94. The molecule has 23 heavy (non-hydrogen) atoms. The molecule has 0 amide bonds. The third kappa shape index (κ3) is 2.51. The fraction of sp³-hybridized carbons (Fsp3) is 0.368. The quantitative estimate of drug-likeness (QED) is 0.745. The monoisotopic (exact) mass is 324 g/mol. The van der Waals surface area contributed by atoms with Crippen LogP contribution in [0.3, 0.4) is 0 Å². The lowest BCUT2D eigenvalue weighted by atomic mass is 9.89. The average Bonchev–Trinajstić information content (AvgIpc) is 2.99. The first-order chi connectivity index (χ1) is 11.1. The summed E-state index contributed by atoms with van der Waals surface area (Å²) in [4.78, 5) is 21.0. The van der Waals surface area contributed by atoms with Crippen LogP contribution in [-0.2, 0) is 12.8 Å². The summed E-state index contributed by atoms with van der Waals surface area (Å²) in [5.41, 5.74) is 5.04. The molecule has 3 nitrogen and oxygen atoms in total. The minimum absolute atomic E-state index is 0.0207. The number of rotatable bonds is 2. The molecule has 2 aromatic heterocycles. The maximum atomic E-state index is 12.6. The molecule has 1 aliphatic rings. The van der Waals surface area contributed by atoms with E-state index >= 15 is 0 Å². The van der Waals surface area contributed by atoms with Gasteiger partial charge in [0.15, 0.2) is 0 Å². The topological polar surface area (TPSA) is 45.8 Å². The number of benzene rings is 1. The number of aromatic amines is 1. The molecule has 0 atom stereocenters. The van der Waals surface area contributed by atoms with Crippen LogP contribution in [0.5, 0.6) is 0 Å². The Kier molecular flexibility index (Phi) is 3.57. The number of nitrogens with one attached hydrogen (secondary N) is 1. The van der Waals surface area contributed by atoms with E-state index in [4.69, 9.17) is 0 Å². The van der Waals surface area contributed by atoms with Crippen LogP contribution in [0.2, 0.25) is 0 Å². The molecule has 118 valence electrons. The summed E-state index contributed by atoms with van der Waals surface area (Å²) in [6, 6.07) is 6.66. The van der Waals surface area contributed by atoms with Crippen molar-refractivity contribution in [3.63, 3.8) is 0 Å². The number of fused-ring (bicyclic) bond motifs is 2. The molecular formula is C19H20N2OS. The Morgan fingerprint density at radius 2 is 1.96 bits per heavy atom. The van der Waals surface area contributed by atoms with Crippen LogP contribution in [0, 0.1) is 0 Å². The number of aromatic nitrogens is 2. The van der Waals surface area contributed by atoms with Crippen molar-refractivity contribution < 1.29 is 0 Å². The van der Waals surface area contributed by atoms with Gasteiger partial charge in [-0.1, -0.05) is 32.0 Å². The summed E-state index contributed by atoms with van der Waals surface area (Å²) in [5.74, 6) is 0.989. The Labute approximate surface area is 139 Å². The van der Waals surface area contributed by atoms with Crippen LogP contribution >= 0.6 is 11.3 Å². The highest BCUT2D eigenvalue weighted by Crippen LogP contribution is 2.33. The molecule has 0 unspecified atom stereocenters. The van der Waals surface area contributed by atoms with Crippen molar-refractivity contribution in [1.29, 1.82) is 0 Å². The molecule has 0 radical (unpaired) electrons. The number of hydrogen-bond acceptors (Lipinski definition) is 3. The van der Waals surface area contributed by atoms with Crippen LogP contribution in [0.1, 0.15) is 49.6 Å². The van der Waals surface area contributed by atoms with Gasteiger partial charge in [0.2, 0.25) is 0 Å². The minimum Gasteiger partial charge on any atom is -0.310 e. The van der Waals surface area contributed by atoms with E-state index < -0.39 is 0 Å². The summed E-state index contributed by atoms with van der Waals surface area (Å²) in [6.07, 6.45) is 4.88. The Morgan fingerprint density at radius 1 is 1.17 bits per heavy atom. The number of hydrogen-bond donors (Lipinski definition) is 1. The van der Waals surface area contributed by atoms with Gasteiger partial charge in [-0.15, -0.1) is 11.3 Å². The number of nitrogens with zero attached hydrogens (tertiary/aromatic N) is 1. The van der Waals surface area contributed by atoms with Gasteiger partial charge in [-0.05, 0) is 42.4 Å². The summed E-state index contributed by atoms with van der Waals surface area (Å²) in [5, 5.41) is 2.80. The highest BCUT2D eigenvalue weighted by atomic mass is 32.1. The van der Waals surface area contributed by atoms with Crippen LogP contribution in [0.4, 0.5) is 0 Å². The number of aryl methyl sites for hydroxylation is 2. The molecule has 0 fully saturated rings. The lowest BCUT2D eigenvalue weighted by molar-refractivity contribution is 0.686. The normalized spacial score (nSPS) is 14.4. The fourth-order valence-corrected chi connectivity index (χ4v) is 4.31. The third-order valence-electron chi connectivity index (χ3n) is 4.67. The van der Waals surface area contributed by atoms with Crippen LogP contribution < -0.4 is 5.56 Å². The summed E-state index contributed by atoms with van der Waals surface area (Å²) in [6.45, 7) is 4.09. The Morgan fingerprint density at radius 3 is 2.74 bits per heavy atom.